The van der Waals surface area contributed by atoms with E-state index in [1.807, 2.05) is 14.0 Å². The Labute approximate surface area is 214 Å². The fourth-order valence-electron chi connectivity index (χ4n) is 5.77. The van der Waals surface area contributed by atoms with Gasteiger partial charge in [0.15, 0.2) is 5.52 Å². The van der Waals surface area contributed by atoms with Gasteiger partial charge >= 0.3 is 5.97 Å². The summed E-state index contributed by atoms with van der Waals surface area (Å²) in [7, 11) is 1.82. The summed E-state index contributed by atoms with van der Waals surface area (Å²) in [6, 6.07) is 0. The minimum absolute atomic E-state index is 0.0975. The average Bonchev–Trinajstić information content (AvgIpc) is 3.28. The normalized spacial score (nSPS) is 18.6. The summed E-state index contributed by atoms with van der Waals surface area (Å²) >= 11 is 0. The second kappa shape index (κ2) is 11.3. The molecule has 1 N–H and O–H groups in total. The summed E-state index contributed by atoms with van der Waals surface area (Å²) in [5.74, 6) is 1.73. The maximum Gasteiger partial charge on any atom is 0.320 e. The smallest absolute Gasteiger partial charge is 0.320 e. The number of nitrogens with zero attached hydrogens (tertiary/aromatic N) is 5. The number of anilines is 1. The summed E-state index contributed by atoms with van der Waals surface area (Å²) in [6.45, 7) is 12.6. The highest BCUT2D eigenvalue weighted by Gasteiger charge is 2.29. The Hall–Kier alpha value is -2.42. The number of rotatable bonds is 8. The van der Waals surface area contributed by atoms with Crippen molar-refractivity contribution in [2.24, 2.45) is 18.9 Å². The summed E-state index contributed by atoms with van der Waals surface area (Å²) in [5, 5.41) is 7.43. The molecular formula is C27H44N6O3. The van der Waals surface area contributed by atoms with E-state index in [-0.39, 0.29) is 16.9 Å². The van der Waals surface area contributed by atoms with E-state index in [4.69, 9.17) is 9.72 Å². The molecule has 1 saturated heterocycles. The van der Waals surface area contributed by atoms with Crippen LogP contribution in [0.2, 0.25) is 0 Å². The van der Waals surface area contributed by atoms with Crippen LogP contribution in [0.25, 0.3) is 11.0 Å². The van der Waals surface area contributed by atoms with Crippen molar-refractivity contribution in [3.05, 3.63) is 16.0 Å². The number of carbonyl (C=O) groups excluding carboxylic acids is 1. The van der Waals surface area contributed by atoms with E-state index in [9.17, 15) is 9.59 Å². The minimum Gasteiger partial charge on any atom is -0.465 e. The number of aromatic amines is 1. The Morgan fingerprint density at radius 3 is 2.31 bits per heavy atom. The van der Waals surface area contributed by atoms with Crippen LogP contribution in [0.15, 0.2) is 4.79 Å². The van der Waals surface area contributed by atoms with E-state index in [0.717, 1.165) is 50.7 Å². The van der Waals surface area contributed by atoms with Crippen LogP contribution in [0.1, 0.15) is 78.3 Å². The first-order chi connectivity index (χ1) is 17.2. The zero-order valence-electron chi connectivity index (χ0n) is 22.8. The Morgan fingerprint density at radius 1 is 1.06 bits per heavy atom. The number of H-pyrrole nitrogens is 1. The van der Waals surface area contributed by atoms with Gasteiger partial charge in [0.25, 0.3) is 5.56 Å². The molecule has 0 atom stereocenters. The van der Waals surface area contributed by atoms with Gasteiger partial charge in [0, 0.05) is 25.6 Å². The zero-order valence-corrected chi connectivity index (χ0v) is 22.8. The fraction of sp³-hybridized carbons (Fsp3) is 0.778. The number of carbonyl (C=O) groups is 1. The van der Waals surface area contributed by atoms with Gasteiger partial charge in [-0.1, -0.05) is 40.0 Å². The van der Waals surface area contributed by atoms with Crippen LogP contribution in [0.5, 0.6) is 0 Å². The Morgan fingerprint density at radius 2 is 1.69 bits per heavy atom. The van der Waals surface area contributed by atoms with E-state index in [1.54, 1.807) is 4.57 Å². The van der Waals surface area contributed by atoms with Gasteiger partial charge in [-0.05, 0) is 57.5 Å². The molecule has 2 aliphatic rings. The third-order valence-corrected chi connectivity index (χ3v) is 7.84. The highest BCUT2D eigenvalue weighted by molar-refractivity contribution is 5.78. The monoisotopic (exact) mass is 500 g/mol. The summed E-state index contributed by atoms with van der Waals surface area (Å²) < 4.78 is 6.82. The lowest BCUT2D eigenvalue weighted by atomic mass is 9.88. The van der Waals surface area contributed by atoms with Crippen molar-refractivity contribution in [3.8, 4) is 0 Å². The van der Waals surface area contributed by atoms with Crippen molar-refractivity contribution in [3.63, 3.8) is 0 Å². The van der Waals surface area contributed by atoms with Crippen LogP contribution in [-0.2, 0) is 22.0 Å². The molecule has 0 unspecified atom stereocenters. The number of fused-ring (bicyclic) bond motifs is 1. The van der Waals surface area contributed by atoms with Gasteiger partial charge in [-0.25, -0.2) is 4.98 Å². The molecule has 0 bridgehead atoms. The molecule has 2 fully saturated rings. The number of aromatic nitrogens is 4. The van der Waals surface area contributed by atoms with Gasteiger partial charge in [0.2, 0.25) is 5.95 Å². The van der Waals surface area contributed by atoms with Crippen LogP contribution < -0.4 is 10.5 Å². The topological polar surface area (TPSA) is 96.3 Å². The quantitative estimate of drug-likeness (QED) is 0.553. The molecule has 0 aromatic carbocycles. The van der Waals surface area contributed by atoms with E-state index < -0.39 is 0 Å². The fourth-order valence-corrected chi connectivity index (χ4v) is 5.77. The number of piperidine rings is 1. The third-order valence-electron chi connectivity index (χ3n) is 7.84. The van der Waals surface area contributed by atoms with Crippen molar-refractivity contribution in [2.75, 3.05) is 44.2 Å². The van der Waals surface area contributed by atoms with Crippen molar-refractivity contribution >= 4 is 23.0 Å². The van der Waals surface area contributed by atoms with E-state index in [0.29, 0.717) is 36.0 Å². The molecule has 1 aliphatic carbocycles. The summed E-state index contributed by atoms with van der Waals surface area (Å²) in [6.07, 6.45) is 8.42. The number of likely N-dealkylation sites (tertiary alicyclic amines) is 1. The van der Waals surface area contributed by atoms with Crippen LogP contribution in [0, 0.1) is 11.8 Å². The second-order valence-electron chi connectivity index (χ2n) is 11.8. The van der Waals surface area contributed by atoms with Crippen LogP contribution in [0.4, 0.5) is 5.95 Å². The summed E-state index contributed by atoms with van der Waals surface area (Å²) in [5.41, 5.74) is 1.72. The predicted octanol–water partition coefficient (Wildman–Crippen LogP) is 3.62. The van der Waals surface area contributed by atoms with Gasteiger partial charge in [0.05, 0.1) is 18.8 Å². The lowest BCUT2D eigenvalue weighted by Gasteiger charge is -2.37. The number of nitrogens with one attached hydrogen (secondary N) is 1. The number of ether oxygens (including phenoxy) is 1. The molecule has 2 aromatic rings. The van der Waals surface area contributed by atoms with Crippen molar-refractivity contribution in [2.45, 2.75) is 78.1 Å². The van der Waals surface area contributed by atoms with Crippen LogP contribution in [-0.4, -0.2) is 69.9 Å². The molecule has 1 saturated carbocycles. The Kier molecular flexibility index (Phi) is 8.37. The van der Waals surface area contributed by atoms with Gasteiger partial charge in [-0.3, -0.25) is 24.2 Å². The highest BCUT2D eigenvalue weighted by Crippen LogP contribution is 2.30. The largest absolute Gasteiger partial charge is 0.465 e. The Bertz CT molecular complexity index is 1090. The number of hydrogen-bond acceptors (Lipinski definition) is 7. The molecule has 0 amide bonds. The van der Waals surface area contributed by atoms with E-state index >= 15 is 0 Å². The van der Waals surface area contributed by atoms with E-state index in [1.165, 1.54) is 32.1 Å². The first-order valence-electron chi connectivity index (χ1n) is 13.8. The molecule has 4 rings (SSSR count). The highest BCUT2D eigenvalue weighted by atomic mass is 16.5. The molecule has 2 aromatic heterocycles. The third kappa shape index (κ3) is 6.10. The lowest BCUT2D eigenvalue weighted by molar-refractivity contribution is -0.144. The SMILES string of the molecule is CCOC(=O)CN1CCC(CN(CC2CCCCC2)c2nc3c(C(C)(C)C)[nH]nc3c(=O)n2C)CC1. The second-order valence-corrected chi connectivity index (χ2v) is 11.8. The van der Waals surface area contributed by atoms with Crippen LogP contribution >= 0.6 is 0 Å². The standard InChI is InChI=1S/C27H44N6O3/c1-6-36-21(34)18-32-14-12-20(13-15-32)17-33(16-19-10-8-7-9-11-19)26-28-22-23(25(35)31(26)5)29-30-24(22)27(2,3)4/h19-20H,6-18H2,1-5H3,(H,29,30). The van der Waals surface area contributed by atoms with E-state index in [2.05, 4.69) is 40.8 Å². The first kappa shape index (κ1) is 26.6. The molecule has 9 nitrogen and oxygen atoms in total. The molecule has 3 heterocycles. The first-order valence-corrected chi connectivity index (χ1v) is 13.8. The number of esters is 1. The van der Waals surface area contributed by atoms with Crippen molar-refractivity contribution < 1.29 is 9.53 Å². The summed E-state index contributed by atoms with van der Waals surface area (Å²) in [4.78, 5) is 34.9. The molecule has 36 heavy (non-hydrogen) atoms. The minimum atomic E-state index is -0.189. The maximum atomic E-state index is 13.3. The van der Waals surface area contributed by atoms with Crippen molar-refractivity contribution in [1.82, 2.24) is 24.6 Å². The predicted molar refractivity (Wildman–Crippen MR) is 142 cm³/mol. The van der Waals surface area contributed by atoms with Gasteiger partial charge in [-0.15, -0.1) is 0 Å². The molecule has 0 spiro atoms. The molecule has 0 radical (unpaired) electrons. The molecule has 9 heteroatoms. The zero-order chi connectivity index (χ0) is 25.9. The van der Waals surface area contributed by atoms with Gasteiger partial charge in [-0.2, -0.15) is 5.10 Å². The van der Waals surface area contributed by atoms with Gasteiger partial charge in [0.1, 0.15) is 5.52 Å². The van der Waals surface area contributed by atoms with Crippen LogP contribution in [0.3, 0.4) is 0 Å². The Balaban J connectivity index is 1.58. The molecule has 200 valence electrons. The maximum absolute atomic E-state index is 13.3. The number of hydrogen-bond donors (Lipinski definition) is 1. The molecule has 1 aliphatic heterocycles. The average molecular weight is 501 g/mol. The molecular weight excluding hydrogens is 456 g/mol. The lowest BCUT2D eigenvalue weighted by Crippen LogP contribution is -2.43. The van der Waals surface area contributed by atoms with Crippen molar-refractivity contribution in [1.29, 1.82) is 0 Å². The van der Waals surface area contributed by atoms with Gasteiger partial charge < -0.3 is 9.64 Å².